The van der Waals surface area contributed by atoms with E-state index in [1.165, 1.54) is 0 Å². The van der Waals surface area contributed by atoms with E-state index in [4.69, 9.17) is 11.6 Å². The molecule has 0 aliphatic carbocycles. The van der Waals surface area contributed by atoms with Crippen molar-refractivity contribution in [2.45, 2.75) is 26.7 Å². The molecule has 0 radical (unpaired) electrons. The number of rotatable bonds is 6. The zero-order valence-electron chi connectivity index (χ0n) is 10.8. The van der Waals surface area contributed by atoms with Crippen LogP contribution >= 0.6 is 27.5 Å². The van der Waals surface area contributed by atoms with Crippen molar-refractivity contribution in [3.8, 4) is 0 Å². The molecule has 18 heavy (non-hydrogen) atoms. The monoisotopic (exact) mass is 331 g/mol. The molecule has 1 aromatic rings. The van der Waals surface area contributed by atoms with E-state index in [0.717, 1.165) is 28.4 Å². The number of amides is 1. The number of halogens is 2. The molecule has 1 atom stereocenters. The number of nitrogens with one attached hydrogen (secondary N) is 1. The Bertz CT molecular complexity index is 409. The first-order valence-electron chi connectivity index (χ1n) is 6.19. The van der Waals surface area contributed by atoms with E-state index in [1.807, 2.05) is 25.1 Å². The Balaban J connectivity index is 2.62. The fraction of sp³-hybridized carbons (Fsp3) is 0.500. The Kier molecular flexibility index (Phi) is 6.72. The van der Waals surface area contributed by atoms with Crippen molar-refractivity contribution in [3.63, 3.8) is 0 Å². The fourth-order valence-corrected chi connectivity index (χ4v) is 2.47. The van der Waals surface area contributed by atoms with Gasteiger partial charge >= 0.3 is 0 Å². The first kappa shape index (κ1) is 15.5. The molecule has 4 heteroatoms. The SMILES string of the molecule is CCC(CCCl)CNC(=O)c1cccc(Br)c1C. The van der Waals surface area contributed by atoms with Crippen LogP contribution in [0.5, 0.6) is 0 Å². The van der Waals surface area contributed by atoms with Crippen LogP contribution in [0.15, 0.2) is 22.7 Å². The lowest BCUT2D eigenvalue weighted by molar-refractivity contribution is 0.0946. The molecular weight excluding hydrogens is 314 g/mol. The summed E-state index contributed by atoms with van der Waals surface area (Å²) in [4.78, 5) is 12.1. The van der Waals surface area contributed by atoms with Crippen molar-refractivity contribution in [1.82, 2.24) is 5.32 Å². The molecule has 1 amide bonds. The standard InChI is InChI=1S/C14H19BrClNO/c1-3-11(7-8-16)9-17-14(18)12-5-4-6-13(15)10(12)2/h4-6,11H,3,7-9H2,1-2H3,(H,17,18). The molecule has 1 unspecified atom stereocenters. The summed E-state index contributed by atoms with van der Waals surface area (Å²) in [6.07, 6.45) is 1.97. The topological polar surface area (TPSA) is 29.1 Å². The molecule has 1 rings (SSSR count). The highest BCUT2D eigenvalue weighted by Gasteiger charge is 2.12. The molecule has 100 valence electrons. The Hall–Kier alpha value is -0.540. The average Bonchev–Trinajstić information content (AvgIpc) is 2.37. The number of alkyl halides is 1. The smallest absolute Gasteiger partial charge is 0.251 e. The van der Waals surface area contributed by atoms with Gasteiger partial charge in [-0.25, -0.2) is 0 Å². The van der Waals surface area contributed by atoms with Gasteiger partial charge in [-0.2, -0.15) is 0 Å². The maximum atomic E-state index is 12.1. The summed E-state index contributed by atoms with van der Waals surface area (Å²) in [5.41, 5.74) is 1.70. The highest BCUT2D eigenvalue weighted by atomic mass is 79.9. The number of benzene rings is 1. The Labute approximate surface area is 122 Å². The molecule has 1 N–H and O–H groups in total. The molecule has 0 fully saturated rings. The molecule has 0 saturated carbocycles. The third-order valence-corrected chi connectivity index (χ3v) is 4.24. The normalized spacial score (nSPS) is 12.2. The highest BCUT2D eigenvalue weighted by Crippen LogP contribution is 2.19. The van der Waals surface area contributed by atoms with Crippen LogP contribution < -0.4 is 5.32 Å². The van der Waals surface area contributed by atoms with Gasteiger partial charge in [-0.1, -0.05) is 35.3 Å². The van der Waals surface area contributed by atoms with Crippen LogP contribution in [0.2, 0.25) is 0 Å². The molecule has 0 aromatic heterocycles. The Morgan fingerprint density at radius 1 is 1.50 bits per heavy atom. The molecule has 0 saturated heterocycles. The first-order valence-corrected chi connectivity index (χ1v) is 7.52. The molecule has 1 aromatic carbocycles. The van der Waals surface area contributed by atoms with Gasteiger partial charge in [-0.15, -0.1) is 11.6 Å². The fourth-order valence-electron chi connectivity index (χ4n) is 1.79. The highest BCUT2D eigenvalue weighted by molar-refractivity contribution is 9.10. The molecule has 0 bridgehead atoms. The van der Waals surface area contributed by atoms with Crippen LogP contribution in [-0.4, -0.2) is 18.3 Å². The number of carbonyl (C=O) groups excluding carboxylic acids is 1. The summed E-state index contributed by atoms with van der Waals surface area (Å²) < 4.78 is 0.961. The van der Waals surface area contributed by atoms with Crippen LogP contribution in [0.1, 0.15) is 35.7 Å². The van der Waals surface area contributed by atoms with Gasteiger partial charge in [0, 0.05) is 22.5 Å². The lowest BCUT2D eigenvalue weighted by atomic mass is 10.0. The molecule has 0 spiro atoms. The van der Waals surface area contributed by atoms with E-state index in [1.54, 1.807) is 0 Å². The Morgan fingerprint density at radius 2 is 2.22 bits per heavy atom. The largest absolute Gasteiger partial charge is 0.352 e. The van der Waals surface area contributed by atoms with E-state index in [0.29, 0.717) is 18.3 Å². The van der Waals surface area contributed by atoms with Gasteiger partial charge in [-0.05, 0) is 37.0 Å². The average molecular weight is 333 g/mol. The van der Waals surface area contributed by atoms with Crippen molar-refractivity contribution in [2.75, 3.05) is 12.4 Å². The van der Waals surface area contributed by atoms with Gasteiger partial charge in [0.15, 0.2) is 0 Å². The number of hydrogen-bond acceptors (Lipinski definition) is 1. The predicted molar refractivity (Wildman–Crippen MR) is 80.3 cm³/mol. The molecule has 0 aliphatic rings. The summed E-state index contributed by atoms with van der Waals surface area (Å²) >= 11 is 9.17. The van der Waals surface area contributed by atoms with Crippen LogP contribution in [0.3, 0.4) is 0 Å². The van der Waals surface area contributed by atoms with E-state index in [2.05, 4.69) is 28.2 Å². The molecule has 2 nitrogen and oxygen atoms in total. The van der Waals surface area contributed by atoms with Gasteiger partial charge in [0.1, 0.15) is 0 Å². The van der Waals surface area contributed by atoms with Crippen molar-refractivity contribution >= 4 is 33.4 Å². The maximum Gasteiger partial charge on any atom is 0.251 e. The lowest BCUT2D eigenvalue weighted by Crippen LogP contribution is -2.29. The second-order valence-corrected chi connectivity index (χ2v) is 5.61. The second kappa shape index (κ2) is 7.80. The number of hydrogen-bond donors (Lipinski definition) is 1. The van der Waals surface area contributed by atoms with Gasteiger partial charge in [0.05, 0.1) is 0 Å². The van der Waals surface area contributed by atoms with Crippen molar-refractivity contribution < 1.29 is 4.79 Å². The minimum atomic E-state index is -0.0122. The first-order chi connectivity index (χ1) is 8.60. The lowest BCUT2D eigenvalue weighted by Gasteiger charge is -2.15. The van der Waals surface area contributed by atoms with E-state index < -0.39 is 0 Å². The van der Waals surface area contributed by atoms with Crippen LogP contribution in [0.25, 0.3) is 0 Å². The summed E-state index contributed by atoms with van der Waals surface area (Å²) in [5.74, 6) is 1.09. The molecule has 0 heterocycles. The molecule has 0 aliphatic heterocycles. The van der Waals surface area contributed by atoms with E-state index >= 15 is 0 Å². The molecular formula is C14H19BrClNO. The minimum Gasteiger partial charge on any atom is -0.352 e. The van der Waals surface area contributed by atoms with Gasteiger partial charge in [0.25, 0.3) is 5.91 Å². The zero-order valence-corrected chi connectivity index (χ0v) is 13.1. The van der Waals surface area contributed by atoms with Crippen molar-refractivity contribution in [3.05, 3.63) is 33.8 Å². The second-order valence-electron chi connectivity index (χ2n) is 4.37. The third kappa shape index (κ3) is 4.29. The summed E-state index contributed by atoms with van der Waals surface area (Å²) in [7, 11) is 0. The van der Waals surface area contributed by atoms with Gasteiger partial charge in [0.2, 0.25) is 0 Å². The summed E-state index contributed by atoms with van der Waals surface area (Å²) in [5, 5.41) is 2.98. The number of carbonyl (C=O) groups is 1. The zero-order chi connectivity index (χ0) is 13.5. The van der Waals surface area contributed by atoms with E-state index in [9.17, 15) is 4.79 Å². The summed E-state index contributed by atoms with van der Waals surface area (Å²) in [6.45, 7) is 4.75. The van der Waals surface area contributed by atoms with Crippen molar-refractivity contribution in [1.29, 1.82) is 0 Å². The van der Waals surface area contributed by atoms with Crippen LogP contribution in [0, 0.1) is 12.8 Å². The van der Waals surface area contributed by atoms with E-state index in [-0.39, 0.29) is 5.91 Å². The van der Waals surface area contributed by atoms with Gasteiger partial charge < -0.3 is 5.32 Å². The third-order valence-electron chi connectivity index (χ3n) is 3.16. The van der Waals surface area contributed by atoms with Crippen LogP contribution in [0.4, 0.5) is 0 Å². The Morgan fingerprint density at radius 3 is 2.83 bits per heavy atom. The quantitative estimate of drug-likeness (QED) is 0.779. The predicted octanol–water partition coefficient (Wildman–Crippen LogP) is 4.14. The van der Waals surface area contributed by atoms with Crippen molar-refractivity contribution in [2.24, 2.45) is 5.92 Å². The van der Waals surface area contributed by atoms with Crippen LogP contribution in [-0.2, 0) is 0 Å². The minimum absolute atomic E-state index is 0.0122. The maximum absolute atomic E-state index is 12.1. The summed E-state index contributed by atoms with van der Waals surface area (Å²) in [6, 6.07) is 5.66. The van der Waals surface area contributed by atoms with Gasteiger partial charge in [-0.3, -0.25) is 4.79 Å².